The van der Waals surface area contributed by atoms with Crippen molar-refractivity contribution in [3.63, 3.8) is 0 Å². The Morgan fingerprint density at radius 2 is 1.79 bits per heavy atom. The molecule has 1 N–H and O–H groups in total. The number of ether oxygens (including phenoxy) is 3. The van der Waals surface area contributed by atoms with Crippen molar-refractivity contribution < 1.29 is 46.9 Å². The van der Waals surface area contributed by atoms with Crippen LogP contribution in [0.25, 0.3) is 0 Å². The van der Waals surface area contributed by atoms with E-state index in [1.165, 1.54) is 27.2 Å². The first kappa shape index (κ1) is 29.2. The average molecular weight is 558 g/mol. The van der Waals surface area contributed by atoms with Crippen LogP contribution in [-0.4, -0.2) is 68.0 Å². The normalized spacial score (nSPS) is 17.8. The van der Waals surface area contributed by atoms with Crippen LogP contribution < -0.4 is 9.47 Å². The first-order chi connectivity index (χ1) is 17.8. The number of phenols is 1. The molecule has 8 nitrogen and oxygen atoms in total. The van der Waals surface area contributed by atoms with E-state index < -0.39 is 57.9 Å². The predicted molar refractivity (Wildman–Crippen MR) is 131 cm³/mol. The van der Waals surface area contributed by atoms with Crippen molar-refractivity contribution in [2.45, 2.75) is 37.9 Å². The van der Waals surface area contributed by atoms with Crippen molar-refractivity contribution in [2.75, 3.05) is 34.4 Å². The quantitative estimate of drug-likeness (QED) is 0.264. The zero-order chi connectivity index (χ0) is 28.4. The molecular formula is C26H27ClF3NO7. The van der Waals surface area contributed by atoms with Gasteiger partial charge in [-0.3, -0.25) is 19.3 Å². The van der Waals surface area contributed by atoms with E-state index in [1.54, 1.807) is 0 Å². The molecule has 0 aliphatic carbocycles. The summed E-state index contributed by atoms with van der Waals surface area (Å²) in [6.45, 7) is 1.90. The topological polar surface area (TPSA) is 102 Å². The maximum Gasteiger partial charge on any atom is 0.417 e. The van der Waals surface area contributed by atoms with E-state index in [2.05, 4.69) is 0 Å². The number of alkyl halides is 3. The summed E-state index contributed by atoms with van der Waals surface area (Å²) in [6, 6.07) is 3.90. The number of hydrogen-bond donors (Lipinski definition) is 1. The van der Waals surface area contributed by atoms with Gasteiger partial charge >= 0.3 is 12.1 Å². The third kappa shape index (κ3) is 5.88. The first-order valence-electron chi connectivity index (χ1n) is 11.5. The molecule has 2 atom stereocenters. The molecule has 0 bridgehead atoms. The van der Waals surface area contributed by atoms with Crippen molar-refractivity contribution in [1.82, 2.24) is 4.90 Å². The summed E-state index contributed by atoms with van der Waals surface area (Å²) in [7, 11) is 4.45. The Kier molecular flexibility index (Phi) is 8.94. The standard InChI is InChI=1S/C26H27ClF3NO7/c1-13(32)38-12-17-14(8-9-31(17)2)22-20(36-3)11-21(37-4)23(25(22)35)19(34)10-18(33)15-6-5-7-16(24(15)27)26(28,29)30/h5-7,11,14,17,35H,8-10,12H2,1-4H3. The number of methoxy groups -OCH3 is 2. The van der Waals surface area contributed by atoms with Gasteiger partial charge in [0.1, 0.15) is 29.4 Å². The molecule has 1 aliphatic heterocycles. The zero-order valence-electron chi connectivity index (χ0n) is 21.1. The zero-order valence-corrected chi connectivity index (χ0v) is 21.9. The van der Waals surface area contributed by atoms with Crippen molar-refractivity contribution in [2.24, 2.45) is 0 Å². The molecule has 1 fully saturated rings. The third-order valence-electron chi connectivity index (χ3n) is 6.56. The number of likely N-dealkylation sites (N-methyl/N-ethyl adjacent to an activating group) is 1. The summed E-state index contributed by atoms with van der Waals surface area (Å²) in [5.74, 6) is -3.08. The molecule has 0 saturated carbocycles. The number of benzene rings is 2. The van der Waals surface area contributed by atoms with Gasteiger partial charge in [-0.05, 0) is 32.1 Å². The lowest BCUT2D eigenvalue weighted by Crippen LogP contribution is -2.34. The molecule has 1 aliphatic rings. The number of aromatic hydroxyl groups is 1. The SMILES string of the molecule is COc1cc(OC)c(C2CCN(C)C2COC(C)=O)c(O)c1C(=O)CC(=O)c1cccc(C(F)(F)F)c1Cl. The van der Waals surface area contributed by atoms with Crippen LogP contribution in [0.1, 0.15) is 57.5 Å². The molecule has 2 unspecified atom stereocenters. The smallest absolute Gasteiger partial charge is 0.417 e. The van der Waals surface area contributed by atoms with E-state index in [0.29, 0.717) is 13.0 Å². The summed E-state index contributed by atoms with van der Waals surface area (Å²) < 4.78 is 55.7. The molecule has 206 valence electrons. The number of esters is 1. The highest BCUT2D eigenvalue weighted by Crippen LogP contribution is 2.47. The molecule has 2 aromatic carbocycles. The van der Waals surface area contributed by atoms with Crippen LogP contribution in [0.2, 0.25) is 5.02 Å². The van der Waals surface area contributed by atoms with Crippen molar-refractivity contribution >= 4 is 29.1 Å². The maximum absolute atomic E-state index is 13.3. The lowest BCUT2D eigenvalue weighted by atomic mass is 9.87. The van der Waals surface area contributed by atoms with Crippen LogP contribution in [0.5, 0.6) is 17.2 Å². The van der Waals surface area contributed by atoms with Crippen LogP contribution in [0.4, 0.5) is 13.2 Å². The van der Waals surface area contributed by atoms with E-state index in [1.807, 2.05) is 11.9 Å². The molecule has 1 saturated heterocycles. The minimum Gasteiger partial charge on any atom is -0.507 e. The number of Topliss-reactive ketones (excluding diaryl/α,β-unsaturated/α-hetero) is 2. The van der Waals surface area contributed by atoms with Gasteiger partial charge in [0.15, 0.2) is 11.6 Å². The second-order valence-corrected chi connectivity index (χ2v) is 9.23. The van der Waals surface area contributed by atoms with E-state index in [9.17, 15) is 32.7 Å². The van der Waals surface area contributed by atoms with Crippen molar-refractivity contribution in [3.05, 3.63) is 51.5 Å². The number of carbonyl (C=O) groups is 3. The monoisotopic (exact) mass is 557 g/mol. The number of halogens is 4. The number of carbonyl (C=O) groups excluding carboxylic acids is 3. The van der Waals surface area contributed by atoms with E-state index in [4.69, 9.17) is 25.8 Å². The van der Waals surface area contributed by atoms with Crippen LogP contribution >= 0.6 is 11.6 Å². The fourth-order valence-electron chi connectivity index (χ4n) is 4.68. The largest absolute Gasteiger partial charge is 0.507 e. The van der Waals surface area contributed by atoms with Crippen molar-refractivity contribution in [3.8, 4) is 17.2 Å². The van der Waals surface area contributed by atoms with Crippen LogP contribution in [-0.2, 0) is 15.7 Å². The summed E-state index contributed by atoms with van der Waals surface area (Å²) >= 11 is 5.86. The summed E-state index contributed by atoms with van der Waals surface area (Å²) in [4.78, 5) is 39.5. The van der Waals surface area contributed by atoms with Gasteiger partial charge in [-0.2, -0.15) is 13.2 Å². The van der Waals surface area contributed by atoms with Crippen LogP contribution in [0.15, 0.2) is 24.3 Å². The van der Waals surface area contributed by atoms with E-state index in [0.717, 1.165) is 18.2 Å². The van der Waals surface area contributed by atoms with Crippen LogP contribution in [0, 0.1) is 0 Å². The molecule has 0 spiro atoms. The lowest BCUT2D eigenvalue weighted by Gasteiger charge is -2.27. The molecule has 2 aromatic rings. The molecular weight excluding hydrogens is 531 g/mol. The van der Waals surface area contributed by atoms with Gasteiger partial charge in [0, 0.05) is 30.0 Å². The van der Waals surface area contributed by atoms with Crippen LogP contribution in [0.3, 0.4) is 0 Å². The highest BCUT2D eigenvalue weighted by Gasteiger charge is 2.40. The Balaban J connectivity index is 2.03. The second kappa shape index (κ2) is 11.6. The third-order valence-corrected chi connectivity index (χ3v) is 6.97. The Morgan fingerprint density at radius 3 is 2.37 bits per heavy atom. The molecule has 0 aromatic heterocycles. The highest BCUT2D eigenvalue weighted by molar-refractivity contribution is 6.35. The van der Waals surface area contributed by atoms with E-state index in [-0.39, 0.29) is 35.3 Å². The summed E-state index contributed by atoms with van der Waals surface area (Å²) in [6.07, 6.45) is -5.13. The fraction of sp³-hybridized carbons (Fsp3) is 0.423. The number of likely N-dealkylation sites (tertiary alicyclic amines) is 1. The fourth-order valence-corrected chi connectivity index (χ4v) is 5.02. The number of ketones is 2. The molecule has 38 heavy (non-hydrogen) atoms. The predicted octanol–water partition coefficient (Wildman–Crippen LogP) is 4.89. The van der Waals surface area contributed by atoms with Gasteiger partial charge in [-0.1, -0.05) is 17.7 Å². The Morgan fingerprint density at radius 1 is 1.13 bits per heavy atom. The van der Waals surface area contributed by atoms with Gasteiger partial charge in [-0.15, -0.1) is 0 Å². The second-order valence-electron chi connectivity index (χ2n) is 8.85. The van der Waals surface area contributed by atoms with Crippen molar-refractivity contribution in [1.29, 1.82) is 0 Å². The maximum atomic E-state index is 13.3. The Hall–Kier alpha value is -3.31. The molecule has 0 amide bonds. The number of hydrogen-bond acceptors (Lipinski definition) is 8. The summed E-state index contributed by atoms with van der Waals surface area (Å²) in [5, 5.41) is 10.5. The average Bonchev–Trinajstić information content (AvgIpc) is 3.20. The molecule has 0 radical (unpaired) electrons. The number of nitrogens with zero attached hydrogens (tertiary/aromatic N) is 1. The molecule has 1 heterocycles. The lowest BCUT2D eigenvalue weighted by molar-refractivity contribution is -0.142. The summed E-state index contributed by atoms with van der Waals surface area (Å²) in [5.41, 5.74) is -1.72. The van der Waals surface area contributed by atoms with Gasteiger partial charge in [-0.25, -0.2) is 0 Å². The minimum absolute atomic E-state index is 0.0287. The Bertz CT molecular complexity index is 1250. The molecule has 3 rings (SSSR count). The van der Waals surface area contributed by atoms with Gasteiger partial charge < -0.3 is 19.3 Å². The number of rotatable bonds is 9. The van der Waals surface area contributed by atoms with E-state index >= 15 is 0 Å². The number of phenolic OH excluding ortho intramolecular Hbond substituents is 1. The molecule has 12 heteroatoms. The minimum atomic E-state index is -4.79. The Labute approximate surface area is 222 Å². The van der Waals surface area contributed by atoms with Gasteiger partial charge in [0.25, 0.3) is 0 Å². The highest BCUT2D eigenvalue weighted by atomic mass is 35.5. The first-order valence-corrected chi connectivity index (χ1v) is 11.9. The van der Waals surface area contributed by atoms with Gasteiger partial charge in [0.05, 0.1) is 37.3 Å². The van der Waals surface area contributed by atoms with Gasteiger partial charge in [0.2, 0.25) is 0 Å².